The zero-order valence-corrected chi connectivity index (χ0v) is 12.7. The minimum Gasteiger partial charge on any atom is -0.538 e. The Morgan fingerprint density at radius 1 is 0.917 bits per heavy atom. The van der Waals surface area contributed by atoms with E-state index in [0.29, 0.717) is 11.6 Å². The Hall–Kier alpha value is -3.48. The minimum absolute atomic E-state index is 0.0562. The van der Waals surface area contributed by atoms with Crippen LogP contribution in [0.5, 0.6) is 5.95 Å². The molecule has 4 aromatic rings. The van der Waals surface area contributed by atoms with Crippen molar-refractivity contribution < 1.29 is 18.7 Å². The maximum atomic E-state index is 12.0. The molecular formula is C17H12N4O3. The van der Waals surface area contributed by atoms with Crippen LogP contribution in [0, 0.1) is 6.92 Å². The van der Waals surface area contributed by atoms with Crippen LogP contribution in [0.3, 0.4) is 0 Å². The van der Waals surface area contributed by atoms with Gasteiger partial charge in [0, 0.05) is 17.7 Å². The lowest BCUT2D eigenvalue weighted by Gasteiger charge is -1.95. The molecule has 0 bridgehead atoms. The molecule has 0 radical (unpaired) electrons. The van der Waals surface area contributed by atoms with E-state index in [2.05, 4.69) is 15.5 Å². The van der Waals surface area contributed by atoms with Crippen LogP contribution in [0.4, 0.5) is 0 Å². The highest BCUT2D eigenvalue weighted by Crippen LogP contribution is 2.26. The fraction of sp³-hybridized carbons (Fsp3) is 0.0588. The predicted octanol–water partition coefficient (Wildman–Crippen LogP) is 2.05. The molecule has 118 valence electrons. The van der Waals surface area contributed by atoms with E-state index in [9.17, 15) is 5.11 Å². The maximum Gasteiger partial charge on any atom is 0.327 e. The number of hydrogen-bond acceptors (Lipinski definition) is 6. The SMILES string of the molecule is Cc1ccc(-[n+]2noc([O-])c2-c2nnc(-c3ccccc3)o2)cc1. The summed E-state index contributed by atoms with van der Waals surface area (Å²) in [5, 5.41) is 23.8. The summed E-state index contributed by atoms with van der Waals surface area (Å²) in [4.78, 5) is 0. The molecule has 2 heterocycles. The predicted molar refractivity (Wildman–Crippen MR) is 80.9 cm³/mol. The fourth-order valence-electron chi connectivity index (χ4n) is 2.30. The number of nitrogens with zero attached hydrogens (tertiary/aromatic N) is 4. The molecule has 2 aromatic heterocycles. The lowest BCUT2D eigenvalue weighted by atomic mass is 10.2. The van der Waals surface area contributed by atoms with Gasteiger partial charge in [-0.2, -0.15) is 0 Å². The van der Waals surface area contributed by atoms with Crippen LogP contribution in [0.15, 0.2) is 63.5 Å². The first kappa shape index (κ1) is 14.1. The minimum atomic E-state index is -0.640. The van der Waals surface area contributed by atoms with Crippen LogP contribution in [-0.2, 0) is 0 Å². The van der Waals surface area contributed by atoms with Crippen molar-refractivity contribution in [3.63, 3.8) is 0 Å². The summed E-state index contributed by atoms with van der Waals surface area (Å²) in [6, 6.07) is 16.8. The van der Waals surface area contributed by atoms with Crippen molar-refractivity contribution in [2.75, 3.05) is 0 Å². The van der Waals surface area contributed by atoms with Crippen molar-refractivity contribution in [2.24, 2.45) is 0 Å². The van der Waals surface area contributed by atoms with Gasteiger partial charge >= 0.3 is 11.6 Å². The Kier molecular flexibility index (Phi) is 3.31. The molecule has 0 fully saturated rings. The first-order valence-corrected chi connectivity index (χ1v) is 7.28. The zero-order valence-electron chi connectivity index (χ0n) is 12.7. The second-order valence-electron chi connectivity index (χ2n) is 5.23. The van der Waals surface area contributed by atoms with Crippen LogP contribution in [0.25, 0.3) is 28.7 Å². The van der Waals surface area contributed by atoms with Gasteiger partial charge in [0.2, 0.25) is 11.6 Å². The highest BCUT2D eigenvalue weighted by atomic mass is 16.6. The second kappa shape index (κ2) is 5.62. The molecule has 0 amide bonds. The van der Waals surface area contributed by atoms with Gasteiger partial charge < -0.3 is 14.0 Å². The van der Waals surface area contributed by atoms with E-state index in [1.165, 1.54) is 4.68 Å². The Labute approximate surface area is 136 Å². The molecule has 0 saturated carbocycles. The zero-order chi connectivity index (χ0) is 16.5. The first-order valence-electron chi connectivity index (χ1n) is 7.28. The molecule has 0 aliphatic carbocycles. The van der Waals surface area contributed by atoms with Gasteiger partial charge in [-0.15, -0.1) is 10.2 Å². The van der Waals surface area contributed by atoms with Crippen molar-refractivity contribution in [2.45, 2.75) is 6.92 Å². The number of aryl methyl sites for hydroxylation is 1. The lowest BCUT2D eigenvalue weighted by Crippen LogP contribution is -2.34. The van der Waals surface area contributed by atoms with Crippen LogP contribution >= 0.6 is 0 Å². The molecule has 0 unspecified atom stereocenters. The lowest BCUT2D eigenvalue weighted by molar-refractivity contribution is -0.660. The van der Waals surface area contributed by atoms with Gasteiger partial charge in [0.1, 0.15) is 0 Å². The van der Waals surface area contributed by atoms with E-state index >= 15 is 0 Å². The third-order valence-corrected chi connectivity index (χ3v) is 3.54. The standard InChI is InChI=1S/C17H12N4O3/c1-11-7-9-13(10-8-11)21-14(17(22)24-20-21)16-19-18-15(23-16)12-5-3-2-4-6-12/h2-10H,1H3. The van der Waals surface area contributed by atoms with Gasteiger partial charge in [-0.3, -0.25) is 0 Å². The molecule has 0 aliphatic heterocycles. The number of aromatic nitrogens is 4. The smallest absolute Gasteiger partial charge is 0.327 e. The quantitative estimate of drug-likeness (QED) is 0.536. The Morgan fingerprint density at radius 2 is 1.62 bits per heavy atom. The van der Waals surface area contributed by atoms with Crippen LogP contribution < -0.4 is 9.79 Å². The van der Waals surface area contributed by atoms with Crippen molar-refractivity contribution >= 4 is 0 Å². The molecule has 2 aromatic carbocycles. The summed E-state index contributed by atoms with van der Waals surface area (Å²) >= 11 is 0. The van der Waals surface area contributed by atoms with Crippen molar-refractivity contribution in [3.05, 3.63) is 60.2 Å². The van der Waals surface area contributed by atoms with Gasteiger partial charge in [-0.25, -0.2) is 0 Å². The highest BCUT2D eigenvalue weighted by Gasteiger charge is 2.27. The molecule has 0 saturated heterocycles. The van der Waals surface area contributed by atoms with Crippen LogP contribution in [-0.4, -0.2) is 15.5 Å². The summed E-state index contributed by atoms with van der Waals surface area (Å²) in [6.07, 6.45) is 0. The highest BCUT2D eigenvalue weighted by molar-refractivity contribution is 5.55. The molecule has 0 atom stereocenters. The molecule has 7 heteroatoms. The summed E-state index contributed by atoms with van der Waals surface area (Å²) < 4.78 is 11.8. The number of hydrogen-bond donors (Lipinski definition) is 0. The van der Waals surface area contributed by atoms with Gasteiger partial charge in [0.25, 0.3) is 0 Å². The number of rotatable bonds is 3. The summed E-state index contributed by atoms with van der Waals surface area (Å²) in [6.45, 7) is 1.97. The maximum absolute atomic E-state index is 12.0. The Bertz CT molecular complexity index is 975. The second-order valence-corrected chi connectivity index (χ2v) is 5.23. The molecule has 7 nitrogen and oxygen atoms in total. The van der Waals surface area contributed by atoms with E-state index in [1.807, 2.05) is 61.5 Å². The van der Waals surface area contributed by atoms with E-state index in [0.717, 1.165) is 11.1 Å². The third kappa shape index (κ3) is 2.41. The van der Waals surface area contributed by atoms with Gasteiger partial charge in [-0.05, 0) is 23.7 Å². The number of benzene rings is 2. The Balaban J connectivity index is 1.79. The van der Waals surface area contributed by atoms with Gasteiger partial charge in [0.15, 0.2) is 5.95 Å². The topological polar surface area (TPSA) is 91.9 Å². The van der Waals surface area contributed by atoms with Gasteiger partial charge in [0.05, 0.1) is 5.27 Å². The van der Waals surface area contributed by atoms with Gasteiger partial charge in [-0.1, -0.05) is 35.9 Å². The molecular weight excluding hydrogens is 308 g/mol. The average Bonchev–Trinajstić information content (AvgIpc) is 3.23. The van der Waals surface area contributed by atoms with E-state index in [4.69, 9.17) is 8.94 Å². The van der Waals surface area contributed by atoms with Crippen molar-refractivity contribution in [1.29, 1.82) is 0 Å². The first-order chi connectivity index (χ1) is 11.7. The average molecular weight is 320 g/mol. The van der Waals surface area contributed by atoms with E-state index in [1.54, 1.807) is 0 Å². The Morgan fingerprint density at radius 3 is 2.38 bits per heavy atom. The molecule has 0 N–H and O–H groups in total. The monoisotopic (exact) mass is 320 g/mol. The van der Waals surface area contributed by atoms with E-state index in [-0.39, 0.29) is 11.6 Å². The van der Waals surface area contributed by atoms with Crippen molar-refractivity contribution in [1.82, 2.24) is 15.5 Å². The molecule has 0 spiro atoms. The normalized spacial score (nSPS) is 10.9. The van der Waals surface area contributed by atoms with Crippen LogP contribution in [0.1, 0.15) is 5.56 Å². The molecule has 24 heavy (non-hydrogen) atoms. The van der Waals surface area contributed by atoms with Crippen LogP contribution in [0.2, 0.25) is 0 Å². The van der Waals surface area contributed by atoms with E-state index < -0.39 is 5.95 Å². The fourth-order valence-corrected chi connectivity index (χ4v) is 2.30. The largest absolute Gasteiger partial charge is 0.538 e. The third-order valence-electron chi connectivity index (χ3n) is 3.54. The summed E-state index contributed by atoms with van der Waals surface area (Å²) in [5.74, 6) is -0.263. The summed E-state index contributed by atoms with van der Waals surface area (Å²) in [5.41, 5.74) is 2.62. The molecule has 0 aliphatic rings. The van der Waals surface area contributed by atoms with Crippen molar-refractivity contribution in [3.8, 4) is 34.7 Å². The molecule has 4 rings (SSSR count). The summed E-state index contributed by atoms with van der Waals surface area (Å²) in [7, 11) is 0.